The standard InChI is InChI=1S/C12H13Cl2NO3/c13-8-2-1-3-9(14)7(8)4-12(18)15-5-10(16)11(17)6-15/h1-3,10-11,16-17H,4-6H2. The van der Waals surface area contributed by atoms with Crippen LogP contribution in [0.1, 0.15) is 5.56 Å². The Morgan fingerprint density at radius 2 is 1.72 bits per heavy atom. The zero-order valence-electron chi connectivity index (χ0n) is 9.51. The third-order valence-corrected chi connectivity index (χ3v) is 3.71. The van der Waals surface area contributed by atoms with E-state index in [9.17, 15) is 15.0 Å². The highest BCUT2D eigenvalue weighted by Crippen LogP contribution is 2.25. The summed E-state index contributed by atoms with van der Waals surface area (Å²) < 4.78 is 0. The Morgan fingerprint density at radius 1 is 1.22 bits per heavy atom. The Hall–Kier alpha value is -0.810. The highest BCUT2D eigenvalue weighted by atomic mass is 35.5. The Morgan fingerprint density at radius 3 is 2.22 bits per heavy atom. The summed E-state index contributed by atoms with van der Waals surface area (Å²) in [5, 5.41) is 19.7. The molecule has 0 spiro atoms. The number of benzene rings is 1. The van der Waals surface area contributed by atoms with Gasteiger partial charge in [-0.25, -0.2) is 0 Å². The van der Waals surface area contributed by atoms with Gasteiger partial charge in [-0.05, 0) is 17.7 Å². The van der Waals surface area contributed by atoms with Crippen molar-refractivity contribution in [3.63, 3.8) is 0 Å². The summed E-state index contributed by atoms with van der Waals surface area (Å²) in [7, 11) is 0. The zero-order chi connectivity index (χ0) is 13.3. The van der Waals surface area contributed by atoms with Gasteiger partial charge in [-0.3, -0.25) is 4.79 Å². The predicted molar refractivity (Wildman–Crippen MR) is 68.8 cm³/mol. The summed E-state index contributed by atoms with van der Waals surface area (Å²) in [5.41, 5.74) is 0.571. The Bertz CT molecular complexity index is 436. The highest BCUT2D eigenvalue weighted by Gasteiger charge is 2.32. The zero-order valence-corrected chi connectivity index (χ0v) is 11.0. The van der Waals surface area contributed by atoms with E-state index in [1.54, 1.807) is 18.2 Å². The van der Waals surface area contributed by atoms with Crippen LogP contribution < -0.4 is 0 Å². The molecule has 1 aliphatic rings. The summed E-state index contributed by atoms with van der Waals surface area (Å²) in [6, 6.07) is 5.05. The number of aliphatic hydroxyl groups excluding tert-OH is 2. The van der Waals surface area contributed by atoms with Gasteiger partial charge < -0.3 is 15.1 Å². The SMILES string of the molecule is O=C(Cc1c(Cl)cccc1Cl)N1CC(O)C(O)C1. The molecule has 4 nitrogen and oxygen atoms in total. The Balaban J connectivity index is 2.08. The number of hydrogen-bond acceptors (Lipinski definition) is 3. The maximum absolute atomic E-state index is 12.0. The van der Waals surface area contributed by atoms with E-state index in [0.29, 0.717) is 15.6 Å². The van der Waals surface area contributed by atoms with Crippen LogP contribution in [0.3, 0.4) is 0 Å². The minimum absolute atomic E-state index is 0.0674. The van der Waals surface area contributed by atoms with Gasteiger partial charge in [0.2, 0.25) is 5.91 Å². The lowest BCUT2D eigenvalue weighted by molar-refractivity contribution is -0.129. The molecule has 0 radical (unpaired) electrons. The van der Waals surface area contributed by atoms with E-state index in [4.69, 9.17) is 23.2 Å². The molecule has 98 valence electrons. The topological polar surface area (TPSA) is 60.8 Å². The molecule has 2 N–H and O–H groups in total. The van der Waals surface area contributed by atoms with Gasteiger partial charge in [-0.15, -0.1) is 0 Å². The van der Waals surface area contributed by atoms with Crippen LogP contribution in [0.2, 0.25) is 10.0 Å². The average Bonchev–Trinajstić information content (AvgIpc) is 2.64. The van der Waals surface area contributed by atoms with E-state index in [1.807, 2.05) is 0 Å². The van der Waals surface area contributed by atoms with Gasteiger partial charge in [0, 0.05) is 23.1 Å². The number of amides is 1. The lowest BCUT2D eigenvalue weighted by atomic mass is 10.1. The fourth-order valence-corrected chi connectivity index (χ4v) is 2.47. The monoisotopic (exact) mass is 289 g/mol. The lowest BCUT2D eigenvalue weighted by Gasteiger charge is -2.16. The highest BCUT2D eigenvalue weighted by molar-refractivity contribution is 6.36. The second-order valence-corrected chi connectivity index (χ2v) is 5.12. The van der Waals surface area contributed by atoms with E-state index in [-0.39, 0.29) is 25.4 Å². The number of hydrogen-bond donors (Lipinski definition) is 2. The molecule has 1 aromatic rings. The molecule has 0 aliphatic carbocycles. The third-order valence-electron chi connectivity index (χ3n) is 3.00. The van der Waals surface area contributed by atoms with Crippen molar-refractivity contribution in [2.75, 3.05) is 13.1 Å². The molecule has 0 saturated carbocycles. The number of likely N-dealkylation sites (tertiary alicyclic amines) is 1. The first-order valence-electron chi connectivity index (χ1n) is 5.56. The van der Waals surface area contributed by atoms with E-state index in [2.05, 4.69) is 0 Å². The van der Waals surface area contributed by atoms with Gasteiger partial charge in [0.1, 0.15) is 0 Å². The second-order valence-electron chi connectivity index (χ2n) is 4.31. The van der Waals surface area contributed by atoms with E-state index in [1.165, 1.54) is 4.90 Å². The molecule has 1 aromatic carbocycles. The molecule has 18 heavy (non-hydrogen) atoms. The minimum atomic E-state index is -0.879. The molecule has 2 atom stereocenters. The van der Waals surface area contributed by atoms with E-state index < -0.39 is 12.2 Å². The first-order chi connectivity index (χ1) is 8.49. The molecule has 1 saturated heterocycles. The van der Waals surface area contributed by atoms with Crippen molar-refractivity contribution < 1.29 is 15.0 Å². The molecular formula is C12H13Cl2NO3. The number of aliphatic hydroxyl groups is 2. The summed E-state index contributed by atoms with van der Waals surface area (Å²) in [5.74, 6) is -0.208. The van der Waals surface area contributed by atoms with Crippen molar-refractivity contribution >= 4 is 29.1 Å². The van der Waals surface area contributed by atoms with E-state index in [0.717, 1.165) is 0 Å². The van der Waals surface area contributed by atoms with Crippen molar-refractivity contribution in [2.24, 2.45) is 0 Å². The summed E-state index contributed by atoms with van der Waals surface area (Å²) in [4.78, 5) is 13.4. The smallest absolute Gasteiger partial charge is 0.227 e. The Labute approximate surface area is 115 Å². The normalized spacial score (nSPS) is 23.4. The maximum atomic E-state index is 12.0. The first kappa shape index (κ1) is 13.6. The lowest BCUT2D eigenvalue weighted by Crippen LogP contribution is -2.31. The number of carbonyl (C=O) groups excluding carboxylic acids is 1. The summed E-state index contributed by atoms with van der Waals surface area (Å²) in [6.45, 7) is 0.282. The molecular weight excluding hydrogens is 277 g/mol. The molecule has 1 heterocycles. The van der Waals surface area contributed by atoms with Gasteiger partial charge in [0.25, 0.3) is 0 Å². The fraction of sp³-hybridized carbons (Fsp3) is 0.417. The maximum Gasteiger partial charge on any atom is 0.227 e. The van der Waals surface area contributed by atoms with E-state index >= 15 is 0 Å². The third kappa shape index (κ3) is 2.78. The van der Waals surface area contributed by atoms with Crippen molar-refractivity contribution in [3.05, 3.63) is 33.8 Å². The average molecular weight is 290 g/mol. The largest absolute Gasteiger partial charge is 0.388 e. The molecule has 0 bridgehead atoms. The number of carbonyl (C=O) groups is 1. The van der Waals surface area contributed by atoms with Crippen molar-refractivity contribution in [2.45, 2.75) is 18.6 Å². The van der Waals surface area contributed by atoms with Crippen LogP contribution in [0, 0.1) is 0 Å². The van der Waals surface area contributed by atoms with Crippen LogP contribution in [-0.2, 0) is 11.2 Å². The summed E-state index contributed by atoms with van der Waals surface area (Å²) in [6.07, 6.45) is -1.69. The van der Waals surface area contributed by atoms with Crippen LogP contribution in [0.15, 0.2) is 18.2 Å². The molecule has 0 aromatic heterocycles. The first-order valence-corrected chi connectivity index (χ1v) is 6.31. The van der Waals surface area contributed by atoms with Gasteiger partial charge in [-0.2, -0.15) is 0 Å². The van der Waals surface area contributed by atoms with Crippen molar-refractivity contribution in [1.82, 2.24) is 4.90 Å². The molecule has 1 aliphatic heterocycles. The van der Waals surface area contributed by atoms with Crippen LogP contribution in [0.4, 0.5) is 0 Å². The number of rotatable bonds is 2. The molecule has 6 heteroatoms. The van der Waals surface area contributed by atoms with Gasteiger partial charge in [-0.1, -0.05) is 29.3 Å². The van der Waals surface area contributed by atoms with Crippen LogP contribution in [0.5, 0.6) is 0 Å². The van der Waals surface area contributed by atoms with Crippen LogP contribution in [0.25, 0.3) is 0 Å². The fourth-order valence-electron chi connectivity index (χ4n) is 1.94. The van der Waals surface area contributed by atoms with Crippen molar-refractivity contribution in [1.29, 1.82) is 0 Å². The minimum Gasteiger partial charge on any atom is -0.388 e. The van der Waals surface area contributed by atoms with Crippen LogP contribution in [-0.4, -0.2) is 46.3 Å². The van der Waals surface area contributed by atoms with Gasteiger partial charge in [0.05, 0.1) is 18.6 Å². The molecule has 2 unspecified atom stereocenters. The molecule has 1 fully saturated rings. The molecule has 1 amide bonds. The van der Waals surface area contributed by atoms with Gasteiger partial charge >= 0.3 is 0 Å². The number of halogens is 2. The van der Waals surface area contributed by atoms with Gasteiger partial charge in [0.15, 0.2) is 0 Å². The van der Waals surface area contributed by atoms with Crippen LogP contribution >= 0.6 is 23.2 Å². The second kappa shape index (κ2) is 5.45. The number of β-amino-alcohol motifs (C(OH)–C–C–N with tert-alkyl or cyclic N) is 2. The number of nitrogens with zero attached hydrogens (tertiary/aromatic N) is 1. The summed E-state index contributed by atoms with van der Waals surface area (Å²) >= 11 is 12.0. The predicted octanol–water partition coefficient (Wildman–Crippen LogP) is 1.10. The molecule has 2 rings (SSSR count). The van der Waals surface area contributed by atoms with Crippen molar-refractivity contribution in [3.8, 4) is 0 Å². The Kier molecular flexibility index (Phi) is 4.12. The quantitative estimate of drug-likeness (QED) is 0.857.